The van der Waals surface area contributed by atoms with Gasteiger partial charge in [0.25, 0.3) is 5.56 Å². The number of hydrogen-bond acceptors (Lipinski definition) is 5. The zero-order valence-corrected chi connectivity index (χ0v) is 20.7. The molecule has 1 atom stereocenters. The summed E-state index contributed by atoms with van der Waals surface area (Å²) >= 11 is 0. The minimum atomic E-state index is -3.47. The number of fused-ring (bicyclic) bond motifs is 2. The van der Waals surface area contributed by atoms with Crippen molar-refractivity contribution in [3.63, 3.8) is 0 Å². The molecule has 0 amide bonds. The van der Waals surface area contributed by atoms with Gasteiger partial charge in [0.05, 0.1) is 17.6 Å². The number of anilines is 3. The van der Waals surface area contributed by atoms with Crippen LogP contribution in [-0.2, 0) is 17.1 Å². The third-order valence-corrected chi connectivity index (χ3v) is 7.92. The third kappa shape index (κ3) is 4.03. The second-order valence-corrected chi connectivity index (χ2v) is 11.0. The number of sulfonamides is 1. The fraction of sp³-hybridized carbons (Fsp3) is 0.308. The zero-order valence-electron chi connectivity index (χ0n) is 19.9. The van der Waals surface area contributed by atoms with Crippen molar-refractivity contribution in [1.82, 2.24) is 9.55 Å². The van der Waals surface area contributed by atoms with Gasteiger partial charge in [-0.25, -0.2) is 17.8 Å². The van der Waals surface area contributed by atoms with Crippen LogP contribution < -0.4 is 25.6 Å². The highest BCUT2D eigenvalue weighted by Gasteiger charge is 2.31. The molecule has 1 aliphatic heterocycles. The summed E-state index contributed by atoms with van der Waals surface area (Å²) in [7, 11) is -1.74. The maximum absolute atomic E-state index is 13.7. The number of rotatable bonds is 6. The van der Waals surface area contributed by atoms with Crippen LogP contribution in [0.15, 0.2) is 47.5 Å². The quantitative estimate of drug-likeness (QED) is 0.569. The van der Waals surface area contributed by atoms with Gasteiger partial charge in [-0.3, -0.25) is 14.4 Å². The van der Waals surface area contributed by atoms with Crippen molar-refractivity contribution in [2.24, 2.45) is 13.0 Å². The van der Waals surface area contributed by atoms with E-state index in [1.807, 2.05) is 17.2 Å². The van der Waals surface area contributed by atoms with Crippen molar-refractivity contribution >= 4 is 39.0 Å². The second-order valence-electron chi connectivity index (χ2n) is 9.02. The minimum Gasteiger partial charge on any atom is -0.317 e. The highest BCUT2D eigenvalue weighted by Crippen LogP contribution is 2.43. The summed E-state index contributed by atoms with van der Waals surface area (Å²) in [6, 6.07) is 8.34. The van der Waals surface area contributed by atoms with E-state index < -0.39 is 15.8 Å². The predicted molar refractivity (Wildman–Crippen MR) is 137 cm³/mol. The molecule has 1 unspecified atom stereocenters. The van der Waals surface area contributed by atoms with E-state index in [2.05, 4.69) is 22.7 Å². The van der Waals surface area contributed by atoms with Gasteiger partial charge in [-0.15, -0.1) is 0 Å². The lowest BCUT2D eigenvalue weighted by atomic mass is 9.85. The van der Waals surface area contributed by atoms with Crippen LogP contribution in [-0.4, -0.2) is 23.7 Å². The average molecular weight is 495 g/mol. The molecule has 35 heavy (non-hydrogen) atoms. The predicted octanol–water partition coefficient (Wildman–Crippen LogP) is 3.21. The fourth-order valence-corrected chi connectivity index (χ4v) is 5.63. The molecule has 0 fully saturated rings. The lowest BCUT2D eigenvalue weighted by Gasteiger charge is -2.36. The van der Waals surface area contributed by atoms with Crippen LogP contribution in [0.5, 0.6) is 0 Å². The number of nitrogens with zero attached hydrogens (tertiary/aromatic N) is 3. The highest BCUT2D eigenvalue weighted by atomic mass is 32.2. The van der Waals surface area contributed by atoms with Crippen molar-refractivity contribution in [2.75, 3.05) is 15.4 Å². The third-order valence-electron chi connectivity index (χ3n) is 6.61. The molecule has 3 heterocycles. The fourth-order valence-electron chi connectivity index (χ4n) is 5.00. The molecule has 1 aliphatic carbocycles. The molecule has 0 spiro atoms. The number of hydrogen-bond donors (Lipinski definition) is 1. The van der Waals surface area contributed by atoms with Crippen molar-refractivity contribution in [1.29, 1.82) is 0 Å². The Hall–Kier alpha value is -3.46. The molecular weight excluding hydrogens is 467 g/mol. The number of nitrogens with one attached hydrogen (secondary N) is 1. The Kier molecular flexibility index (Phi) is 5.75. The summed E-state index contributed by atoms with van der Waals surface area (Å²) in [5.41, 5.74) is 3.72. The number of benzene rings is 1. The summed E-state index contributed by atoms with van der Waals surface area (Å²) < 4.78 is 42.4. The molecule has 182 valence electrons. The molecule has 9 heteroatoms. The zero-order chi connectivity index (χ0) is 24.9. The van der Waals surface area contributed by atoms with Crippen molar-refractivity contribution < 1.29 is 12.8 Å². The van der Waals surface area contributed by atoms with Gasteiger partial charge in [0, 0.05) is 46.2 Å². The molecule has 0 bridgehead atoms. The first-order valence-corrected chi connectivity index (χ1v) is 13.4. The summed E-state index contributed by atoms with van der Waals surface area (Å²) in [4.78, 5) is 19.6. The second kappa shape index (κ2) is 8.64. The van der Waals surface area contributed by atoms with Crippen molar-refractivity contribution in [3.8, 4) is 11.1 Å². The maximum Gasteiger partial charge on any atom is 0.257 e. The molecular formula is C26H27FN4O3S. The first-order chi connectivity index (χ1) is 16.7. The largest absolute Gasteiger partial charge is 0.317 e. The van der Waals surface area contributed by atoms with Gasteiger partial charge in [-0.2, -0.15) is 0 Å². The average Bonchev–Trinajstić information content (AvgIpc) is 2.83. The van der Waals surface area contributed by atoms with Gasteiger partial charge in [0.15, 0.2) is 0 Å². The summed E-state index contributed by atoms with van der Waals surface area (Å²) in [6.45, 7) is 3.70. The highest BCUT2D eigenvalue weighted by molar-refractivity contribution is 7.92. The van der Waals surface area contributed by atoms with E-state index in [0.717, 1.165) is 40.6 Å². The lowest BCUT2D eigenvalue weighted by Crippen LogP contribution is -2.51. The number of aromatic nitrogens is 2. The van der Waals surface area contributed by atoms with Crippen LogP contribution in [0, 0.1) is 11.7 Å². The number of halogens is 1. The number of pyridine rings is 2. The Morgan fingerprint density at radius 1 is 1.17 bits per heavy atom. The Labute approximate surface area is 203 Å². The standard InChI is InChI=1S/C26H27FN4O3S/c1-4-6-16-11-20-25-21(15-30(3)26(20)32)19-13-18(29-35(33,34)5-2)8-9-22(19)31(23(25)12-16)24-10-7-17(27)14-28-24/h7-11,13-16,29H,4-6,12H2,1-3H3. The van der Waals surface area contributed by atoms with E-state index in [9.17, 15) is 17.6 Å². The van der Waals surface area contributed by atoms with Crippen molar-refractivity contribution in [3.05, 3.63) is 69.3 Å². The van der Waals surface area contributed by atoms with Gasteiger partial charge in [0.2, 0.25) is 10.0 Å². The molecule has 2 aliphatic rings. The Bertz CT molecular complexity index is 1610. The molecule has 3 aromatic rings. The molecule has 0 saturated heterocycles. The van der Waals surface area contributed by atoms with E-state index >= 15 is 0 Å². The van der Waals surface area contributed by atoms with E-state index in [1.54, 1.807) is 36.7 Å². The molecule has 0 saturated carbocycles. The van der Waals surface area contributed by atoms with Gasteiger partial charge < -0.3 is 4.57 Å². The van der Waals surface area contributed by atoms with Crippen LogP contribution in [0.3, 0.4) is 0 Å². The Morgan fingerprint density at radius 2 is 1.97 bits per heavy atom. The molecule has 7 nitrogen and oxygen atoms in total. The van der Waals surface area contributed by atoms with Crippen LogP contribution >= 0.6 is 0 Å². The van der Waals surface area contributed by atoms with Crippen LogP contribution in [0.2, 0.25) is 0 Å². The normalized spacial score (nSPS) is 16.4. The molecule has 0 radical (unpaired) electrons. The van der Waals surface area contributed by atoms with E-state index in [4.69, 9.17) is 0 Å². The maximum atomic E-state index is 13.7. The van der Waals surface area contributed by atoms with E-state index in [1.165, 1.54) is 12.3 Å². The molecule has 1 N–H and O–H groups in total. The minimum absolute atomic E-state index is 0.0450. The number of aryl methyl sites for hydroxylation is 1. The van der Waals surface area contributed by atoms with Gasteiger partial charge in [-0.05, 0) is 56.0 Å². The van der Waals surface area contributed by atoms with Crippen LogP contribution in [0.25, 0.3) is 22.9 Å². The van der Waals surface area contributed by atoms with Gasteiger partial charge in [-0.1, -0.05) is 19.4 Å². The lowest BCUT2D eigenvalue weighted by molar-refractivity contribution is 0.602. The Balaban J connectivity index is 1.85. The molecule has 5 rings (SSSR count). The topological polar surface area (TPSA) is 84.3 Å². The monoisotopic (exact) mass is 494 g/mol. The Morgan fingerprint density at radius 3 is 2.66 bits per heavy atom. The SMILES string of the molecule is CCCC1C=c2c3c(cn(C)c2=O)-c2cc(NS(=O)(=O)CC)ccc2N(c2ccc(F)cn2)C=3C1. The van der Waals surface area contributed by atoms with E-state index in [0.29, 0.717) is 23.1 Å². The first-order valence-electron chi connectivity index (χ1n) is 11.7. The van der Waals surface area contributed by atoms with Crippen LogP contribution in [0.4, 0.5) is 21.6 Å². The summed E-state index contributed by atoms with van der Waals surface area (Å²) in [6.07, 6.45) is 7.68. The summed E-state index contributed by atoms with van der Waals surface area (Å²) in [5.74, 6) is 0.247. The van der Waals surface area contributed by atoms with Crippen molar-refractivity contribution in [2.45, 2.75) is 33.1 Å². The molecule has 2 aromatic heterocycles. The molecule has 1 aromatic carbocycles. The van der Waals surface area contributed by atoms with E-state index in [-0.39, 0.29) is 17.2 Å². The smallest absolute Gasteiger partial charge is 0.257 e. The van der Waals surface area contributed by atoms with Crippen LogP contribution in [0.1, 0.15) is 33.1 Å². The first kappa shape index (κ1) is 23.3. The van der Waals surface area contributed by atoms with Gasteiger partial charge >= 0.3 is 0 Å². The summed E-state index contributed by atoms with van der Waals surface area (Å²) in [5, 5.41) is 1.47. The van der Waals surface area contributed by atoms with Gasteiger partial charge in [0.1, 0.15) is 11.6 Å².